The summed E-state index contributed by atoms with van der Waals surface area (Å²) in [5.74, 6) is -0.578. The summed E-state index contributed by atoms with van der Waals surface area (Å²) in [5, 5.41) is 9.58. The SMILES string of the molecule is CCOc1ccc(NC(=O)C(=O)NCC(c2ccsc2)N2CCN(C)CC2)cc1. The molecule has 8 heteroatoms. The Hall–Kier alpha value is -2.42. The van der Waals surface area contributed by atoms with Gasteiger partial charge >= 0.3 is 11.8 Å². The Balaban J connectivity index is 1.55. The van der Waals surface area contributed by atoms with E-state index in [-0.39, 0.29) is 6.04 Å². The van der Waals surface area contributed by atoms with Crippen molar-refractivity contribution in [2.75, 3.05) is 51.7 Å². The summed E-state index contributed by atoms with van der Waals surface area (Å²) in [6.07, 6.45) is 0. The highest BCUT2D eigenvalue weighted by Crippen LogP contribution is 2.23. The molecule has 1 atom stereocenters. The van der Waals surface area contributed by atoms with Crippen molar-refractivity contribution in [2.24, 2.45) is 0 Å². The van der Waals surface area contributed by atoms with Crippen LogP contribution in [-0.2, 0) is 9.59 Å². The zero-order chi connectivity index (χ0) is 20.6. The van der Waals surface area contributed by atoms with Crippen molar-refractivity contribution in [3.8, 4) is 5.75 Å². The van der Waals surface area contributed by atoms with Gasteiger partial charge in [-0.1, -0.05) is 0 Å². The van der Waals surface area contributed by atoms with E-state index in [2.05, 4.69) is 38.9 Å². The van der Waals surface area contributed by atoms with Crippen LogP contribution >= 0.6 is 11.3 Å². The molecule has 1 aliphatic rings. The first-order valence-electron chi connectivity index (χ1n) is 9.83. The molecule has 1 aliphatic heterocycles. The molecule has 1 fully saturated rings. The number of nitrogens with one attached hydrogen (secondary N) is 2. The summed E-state index contributed by atoms with van der Waals surface area (Å²) in [7, 11) is 2.12. The summed E-state index contributed by atoms with van der Waals surface area (Å²) in [6, 6.07) is 9.11. The standard InChI is InChI=1S/C21H28N4O3S/c1-3-28-18-6-4-17(5-7-18)23-21(27)20(26)22-14-19(16-8-13-29-15-16)25-11-9-24(2)10-12-25/h4-8,13,15,19H,3,9-12,14H2,1-2H3,(H,22,26)(H,23,27). The Morgan fingerprint density at radius 1 is 1.10 bits per heavy atom. The van der Waals surface area contributed by atoms with Crippen LogP contribution in [0.2, 0.25) is 0 Å². The van der Waals surface area contributed by atoms with Crippen molar-refractivity contribution in [1.82, 2.24) is 15.1 Å². The van der Waals surface area contributed by atoms with Crippen LogP contribution in [0, 0.1) is 0 Å². The maximum Gasteiger partial charge on any atom is 0.313 e. The summed E-state index contributed by atoms with van der Waals surface area (Å²) in [6.45, 7) is 6.74. The fourth-order valence-electron chi connectivity index (χ4n) is 3.31. The van der Waals surface area contributed by atoms with Crippen molar-refractivity contribution >= 4 is 28.8 Å². The van der Waals surface area contributed by atoms with Gasteiger partial charge in [0.05, 0.1) is 12.6 Å². The molecule has 1 saturated heterocycles. The van der Waals surface area contributed by atoms with Crippen molar-refractivity contribution < 1.29 is 14.3 Å². The molecule has 0 aliphatic carbocycles. The minimum absolute atomic E-state index is 0.0668. The van der Waals surface area contributed by atoms with Crippen LogP contribution < -0.4 is 15.4 Å². The smallest absolute Gasteiger partial charge is 0.313 e. The number of anilines is 1. The van der Waals surface area contributed by atoms with Gasteiger partial charge in [-0.2, -0.15) is 11.3 Å². The number of hydrogen-bond acceptors (Lipinski definition) is 6. The summed E-state index contributed by atoms with van der Waals surface area (Å²) >= 11 is 1.64. The molecule has 29 heavy (non-hydrogen) atoms. The lowest BCUT2D eigenvalue weighted by molar-refractivity contribution is -0.136. The lowest BCUT2D eigenvalue weighted by atomic mass is 10.1. The number of thiophene rings is 1. The average molecular weight is 417 g/mol. The first-order valence-corrected chi connectivity index (χ1v) is 10.8. The van der Waals surface area contributed by atoms with Gasteiger partial charge < -0.3 is 20.3 Å². The monoisotopic (exact) mass is 416 g/mol. The van der Waals surface area contributed by atoms with E-state index in [1.807, 2.05) is 12.3 Å². The Morgan fingerprint density at radius 2 is 1.83 bits per heavy atom. The number of rotatable bonds is 7. The van der Waals surface area contributed by atoms with Crippen LogP contribution in [0.5, 0.6) is 5.75 Å². The van der Waals surface area contributed by atoms with Gasteiger partial charge in [-0.3, -0.25) is 14.5 Å². The normalized spacial score (nSPS) is 16.2. The molecule has 2 heterocycles. The molecule has 0 spiro atoms. The van der Waals surface area contributed by atoms with Crippen molar-refractivity contribution in [2.45, 2.75) is 13.0 Å². The third-order valence-electron chi connectivity index (χ3n) is 4.99. The van der Waals surface area contributed by atoms with Crippen molar-refractivity contribution in [3.05, 3.63) is 46.7 Å². The molecule has 1 aromatic carbocycles. The quantitative estimate of drug-likeness (QED) is 0.677. The summed E-state index contributed by atoms with van der Waals surface area (Å²) in [4.78, 5) is 29.3. The van der Waals surface area contributed by atoms with E-state index >= 15 is 0 Å². The molecule has 2 N–H and O–H groups in total. The van der Waals surface area contributed by atoms with Crippen LogP contribution in [0.15, 0.2) is 41.1 Å². The van der Waals surface area contributed by atoms with Crippen LogP contribution in [0.1, 0.15) is 18.5 Å². The van der Waals surface area contributed by atoms with Gasteiger partial charge in [0.2, 0.25) is 0 Å². The molecule has 0 radical (unpaired) electrons. The largest absolute Gasteiger partial charge is 0.494 e. The molecular weight excluding hydrogens is 388 g/mol. The predicted molar refractivity (Wildman–Crippen MR) is 115 cm³/mol. The predicted octanol–water partition coefficient (Wildman–Crippen LogP) is 2.19. The van der Waals surface area contributed by atoms with Crippen LogP contribution in [0.3, 0.4) is 0 Å². The molecule has 2 aromatic rings. The minimum atomic E-state index is -0.670. The van der Waals surface area contributed by atoms with Crippen LogP contribution in [-0.4, -0.2) is 68.0 Å². The fourth-order valence-corrected chi connectivity index (χ4v) is 4.02. The summed E-state index contributed by atoms with van der Waals surface area (Å²) in [5.41, 5.74) is 1.73. The van der Waals surface area contributed by atoms with Gasteiger partial charge in [0.1, 0.15) is 5.75 Å². The number of piperazine rings is 1. The number of hydrogen-bond donors (Lipinski definition) is 2. The minimum Gasteiger partial charge on any atom is -0.494 e. The van der Waals surface area contributed by atoms with Gasteiger partial charge in [-0.25, -0.2) is 0 Å². The topological polar surface area (TPSA) is 73.9 Å². The Bertz CT molecular complexity index is 787. The van der Waals surface area contributed by atoms with Gasteiger partial charge in [-0.15, -0.1) is 0 Å². The lowest BCUT2D eigenvalue weighted by Crippen LogP contribution is -2.49. The zero-order valence-electron chi connectivity index (χ0n) is 16.9. The van der Waals surface area contributed by atoms with Crippen LogP contribution in [0.4, 0.5) is 5.69 Å². The molecule has 0 bridgehead atoms. The highest BCUT2D eigenvalue weighted by molar-refractivity contribution is 7.08. The zero-order valence-corrected chi connectivity index (χ0v) is 17.7. The van der Waals surface area contributed by atoms with E-state index in [4.69, 9.17) is 4.74 Å². The van der Waals surface area contributed by atoms with Crippen molar-refractivity contribution in [1.29, 1.82) is 0 Å². The fraction of sp³-hybridized carbons (Fsp3) is 0.429. The Morgan fingerprint density at radius 3 is 2.45 bits per heavy atom. The summed E-state index contributed by atoms with van der Waals surface area (Å²) < 4.78 is 5.38. The average Bonchev–Trinajstić information content (AvgIpc) is 3.25. The number of benzene rings is 1. The molecule has 3 rings (SSSR count). The molecule has 1 unspecified atom stereocenters. The van der Waals surface area contributed by atoms with E-state index < -0.39 is 11.8 Å². The second kappa shape index (κ2) is 10.4. The van der Waals surface area contributed by atoms with E-state index in [1.54, 1.807) is 35.6 Å². The number of carbonyl (C=O) groups is 2. The van der Waals surface area contributed by atoms with Gasteiger partial charge in [0, 0.05) is 38.4 Å². The maximum absolute atomic E-state index is 12.4. The second-order valence-corrected chi connectivity index (χ2v) is 7.81. The highest BCUT2D eigenvalue weighted by Gasteiger charge is 2.25. The number of amides is 2. The van der Waals surface area contributed by atoms with Crippen LogP contribution in [0.25, 0.3) is 0 Å². The lowest BCUT2D eigenvalue weighted by Gasteiger charge is -2.37. The third-order valence-corrected chi connectivity index (χ3v) is 5.69. The number of nitrogens with zero attached hydrogens (tertiary/aromatic N) is 2. The maximum atomic E-state index is 12.4. The first kappa shape index (κ1) is 21.3. The van der Waals surface area contributed by atoms with E-state index in [0.29, 0.717) is 18.8 Å². The Kier molecular flexibility index (Phi) is 7.62. The van der Waals surface area contributed by atoms with Gasteiger partial charge in [-0.05, 0) is 60.6 Å². The van der Waals surface area contributed by atoms with Crippen molar-refractivity contribution in [3.63, 3.8) is 0 Å². The molecule has 1 aromatic heterocycles. The number of ether oxygens (including phenoxy) is 1. The van der Waals surface area contributed by atoms with E-state index in [1.165, 1.54) is 5.56 Å². The number of carbonyl (C=O) groups excluding carboxylic acids is 2. The van der Waals surface area contributed by atoms with Gasteiger partial charge in [0.15, 0.2) is 0 Å². The van der Waals surface area contributed by atoms with Gasteiger partial charge in [0.25, 0.3) is 0 Å². The van der Waals surface area contributed by atoms with E-state index in [0.717, 1.165) is 31.9 Å². The molecule has 2 amide bonds. The Labute approximate surface area is 175 Å². The first-order chi connectivity index (χ1) is 14.1. The number of likely N-dealkylation sites (N-methyl/N-ethyl adjacent to an activating group) is 1. The molecule has 156 valence electrons. The highest BCUT2D eigenvalue weighted by atomic mass is 32.1. The second-order valence-electron chi connectivity index (χ2n) is 7.03. The van der Waals surface area contributed by atoms with E-state index in [9.17, 15) is 9.59 Å². The third kappa shape index (κ3) is 6.03. The molecule has 7 nitrogen and oxygen atoms in total. The molecular formula is C21H28N4O3S. The molecule has 0 saturated carbocycles.